The molecule has 0 aliphatic heterocycles. The highest BCUT2D eigenvalue weighted by molar-refractivity contribution is 6.28. The van der Waals surface area contributed by atoms with Crippen LogP contribution < -0.4 is 10.1 Å². The molecule has 1 aromatic rings. The van der Waals surface area contributed by atoms with Gasteiger partial charge in [0.25, 0.3) is 0 Å². The molecule has 100 valence electrons. The highest BCUT2D eigenvalue weighted by atomic mass is 35.5. The molecular formula is C12H19ClN4O. The fourth-order valence-electron chi connectivity index (χ4n) is 2.34. The van der Waals surface area contributed by atoms with E-state index in [1.807, 2.05) is 6.92 Å². The number of halogens is 1. The Bertz CT molecular complexity index is 425. The lowest BCUT2D eigenvalue weighted by molar-refractivity contribution is 0.310. The molecule has 0 radical (unpaired) electrons. The van der Waals surface area contributed by atoms with Crippen LogP contribution in [0.4, 0.5) is 5.95 Å². The lowest BCUT2D eigenvalue weighted by Gasteiger charge is -2.27. The Morgan fingerprint density at radius 2 is 2.17 bits per heavy atom. The average molecular weight is 271 g/mol. The molecule has 6 heteroatoms. The fourth-order valence-corrected chi connectivity index (χ4v) is 2.49. The van der Waals surface area contributed by atoms with E-state index in [2.05, 4.69) is 34.1 Å². The molecule has 0 bridgehead atoms. The maximum Gasteiger partial charge on any atom is 0.322 e. The monoisotopic (exact) mass is 270 g/mol. The Labute approximate surface area is 112 Å². The van der Waals surface area contributed by atoms with E-state index in [1.54, 1.807) is 0 Å². The van der Waals surface area contributed by atoms with Gasteiger partial charge in [-0.05, 0) is 36.8 Å². The summed E-state index contributed by atoms with van der Waals surface area (Å²) < 4.78 is 5.26. The van der Waals surface area contributed by atoms with Crippen molar-refractivity contribution in [3.05, 3.63) is 5.28 Å². The van der Waals surface area contributed by atoms with Gasteiger partial charge in [0.2, 0.25) is 11.2 Å². The molecule has 1 aliphatic carbocycles. The zero-order chi connectivity index (χ0) is 13.2. The first-order valence-corrected chi connectivity index (χ1v) is 6.70. The molecule has 5 nitrogen and oxygen atoms in total. The number of nitrogens with one attached hydrogen (secondary N) is 1. The summed E-state index contributed by atoms with van der Waals surface area (Å²) in [6.07, 6.45) is 3.56. The largest absolute Gasteiger partial charge is 0.464 e. The molecule has 1 aliphatic rings. The van der Waals surface area contributed by atoms with Crippen LogP contribution in [0.1, 0.15) is 40.0 Å². The van der Waals surface area contributed by atoms with Crippen LogP contribution in [0.5, 0.6) is 6.01 Å². The topological polar surface area (TPSA) is 59.9 Å². The second-order valence-electron chi connectivity index (χ2n) is 5.22. The van der Waals surface area contributed by atoms with Crippen molar-refractivity contribution < 1.29 is 4.74 Å². The van der Waals surface area contributed by atoms with Gasteiger partial charge in [0, 0.05) is 6.04 Å². The van der Waals surface area contributed by atoms with Gasteiger partial charge in [-0.3, -0.25) is 0 Å². The molecule has 0 spiro atoms. The normalized spacial score (nSPS) is 21.9. The van der Waals surface area contributed by atoms with E-state index >= 15 is 0 Å². The second-order valence-corrected chi connectivity index (χ2v) is 5.56. The van der Waals surface area contributed by atoms with E-state index in [9.17, 15) is 0 Å². The van der Waals surface area contributed by atoms with E-state index in [1.165, 1.54) is 12.8 Å². The molecular weight excluding hydrogens is 252 g/mol. The standard InChI is InChI=1S/C12H19ClN4O/c1-4-18-11-16-9(13)15-10(17-11)14-8-6-5-7-12(8,2)3/h8H,4-7H2,1-3H3,(H,14,15,16,17). The number of hydrogen-bond donors (Lipinski definition) is 1. The molecule has 1 fully saturated rings. The Morgan fingerprint density at radius 1 is 1.39 bits per heavy atom. The predicted octanol–water partition coefficient (Wildman–Crippen LogP) is 2.91. The van der Waals surface area contributed by atoms with Crippen molar-refractivity contribution in [1.29, 1.82) is 0 Å². The third-order valence-electron chi connectivity index (χ3n) is 3.42. The van der Waals surface area contributed by atoms with Crippen LogP contribution >= 0.6 is 11.6 Å². The maximum atomic E-state index is 5.86. The zero-order valence-corrected chi connectivity index (χ0v) is 11.8. The van der Waals surface area contributed by atoms with Gasteiger partial charge in [0.15, 0.2) is 0 Å². The molecule has 1 N–H and O–H groups in total. The van der Waals surface area contributed by atoms with Crippen LogP contribution in [-0.2, 0) is 0 Å². The third kappa shape index (κ3) is 3.02. The maximum absolute atomic E-state index is 5.86. The van der Waals surface area contributed by atoms with Crippen LogP contribution in [0.25, 0.3) is 0 Å². The molecule has 1 saturated carbocycles. The van der Waals surface area contributed by atoms with Gasteiger partial charge >= 0.3 is 6.01 Å². The van der Waals surface area contributed by atoms with Gasteiger partial charge in [-0.1, -0.05) is 20.3 Å². The van der Waals surface area contributed by atoms with Crippen molar-refractivity contribution in [2.75, 3.05) is 11.9 Å². The first-order chi connectivity index (χ1) is 8.51. The van der Waals surface area contributed by atoms with Gasteiger partial charge < -0.3 is 10.1 Å². The summed E-state index contributed by atoms with van der Waals surface area (Å²) in [7, 11) is 0. The third-order valence-corrected chi connectivity index (χ3v) is 3.59. The van der Waals surface area contributed by atoms with Crippen molar-refractivity contribution in [3.8, 4) is 6.01 Å². The second kappa shape index (κ2) is 5.26. The Kier molecular flexibility index (Phi) is 3.90. The van der Waals surface area contributed by atoms with Crippen molar-refractivity contribution in [2.24, 2.45) is 5.41 Å². The SMILES string of the molecule is CCOc1nc(Cl)nc(NC2CCCC2(C)C)n1. The average Bonchev–Trinajstić information content (AvgIpc) is 2.58. The summed E-state index contributed by atoms with van der Waals surface area (Å²) >= 11 is 5.86. The molecule has 1 unspecified atom stereocenters. The lowest BCUT2D eigenvalue weighted by Crippen LogP contribution is -2.31. The smallest absolute Gasteiger partial charge is 0.322 e. The van der Waals surface area contributed by atoms with E-state index in [-0.39, 0.29) is 16.7 Å². The van der Waals surface area contributed by atoms with Crippen molar-refractivity contribution in [2.45, 2.75) is 46.1 Å². The summed E-state index contributed by atoms with van der Waals surface area (Å²) in [6.45, 7) is 6.90. The Hall–Kier alpha value is -1.10. The number of aromatic nitrogens is 3. The summed E-state index contributed by atoms with van der Waals surface area (Å²) in [6, 6.07) is 0.640. The minimum atomic E-state index is 0.159. The first-order valence-electron chi connectivity index (χ1n) is 6.32. The van der Waals surface area contributed by atoms with Crippen molar-refractivity contribution in [3.63, 3.8) is 0 Å². The molecule has 18 heavy (non-hydrogen) atoms. The van der Waals surface area contributed by atoms with Crippen LogP contribution in [0.15, 0.2) is 0 Å². The van der Waals surface area contributed by atoms with E-state index in [0.29, 0.717) is 18.6 Å². The van der Waals surface area contributed by atoms with Crippen molar-refractivity contribution >= 4 is 17.5 Å². The highest BCUT2D eigenvalue weighted by Crippen LogP contribution is 2.38. The van der Waals surface area contributed by atoms with Crippen molar-refractivity contribution in [1.82, 2.24) is 15.0 Å². The molecule has 1 atom stereocenters. The minimum absolute atomic E-state index is 0.159. The van der Waals surface area contributed by atoms with Crippen LogP contribution in [0.2, 0.25) is 5.28 Å². The molecule has 1 heterocycles. The van der Waals surface area contributed by atoms with Gasteiger partial charge in [-0.15, -0.1) is 0 Å². The van der Waals surface area contributed by atoms with Gasteiger partial charge in [-0.25, -0.2) is 0 Å². The fraction of sp³-hybridized carbons (Fsp3) is 0.750. The van der Waals surface area contributed by atoms with Gasteiger partial charge in [0.05, 0.1) is 6.61 Å². The number of nitrogens with zero attached hydrogens (tertiary/aromatic N) is 3. The molecule has 0 saturated heterocycles. The molecule has 2 rings (SSSR count). The quantitative estimate of drug-likeness (QED) is 0.912. The number of anilines is 1. The Morgan fingerprint density at radius 3 is 2.78 bits per heavy atom. The first kappa shape index (κ1) is 13.3. The highest BCUT2D eigenvalue weighted by Gasteiger charge is 2.34. The lowest BCUT2D eigenvalue weighted by atomic mass is 9.87. The number of rotatable bonds is 4. The summed E-state index contributed by atoms with van der Waals surface area (Å²) in [5.41, 5.74) is 0.255. The summed E-state index contributed by atoms with van der Waals surface area (Å²) in [5.74, 6) is 0.499. The van der Waals surface area contributed by atoms with Crippen LogP contribution in [-0.4, -0.2) is 27.6 Å². The van der Waals surface area contributed by atoms with Gasteiger partial charge in [0.1, 0.15) is 0 Å². The van der Waals surface area contributed by atoms with E-state index < -0.39 is 0 Å². The molecule has 1 aromatic heterocycles. The molecule has 0 amide bonds. The number of hydrogen-bond acceptors (Lipinski definition) is 5. The molecule has 0 aromatic carbocycles. The Balaban J connectivity index is 2.13. The van der Waals surface area contributed by atoms with E-state index in [0.717, 1.165) is 6.42 Å². The van der Waals surface area contributed by atoms with Crippen LogP contribution in [0.3, 0.4) is 0 Å². The zero-order valence-electron chi connectivity index (χ0n) is 11.0. The predicted molar refractivity (Wildman–Crippen MR) is 71.0 cm³/mol. The van der Waals surface area contributed by atoms with Crippen LogP contribution in [0, 0.1) is 5.41 Å². The van der Waals surface area contributed by atoms with Gasteiger partial charge in [-0.2, -0.15) is 15.0 Å². The number of ether oxygens (including phenoxy) is 1. The summed E-state index contributed by atoms with van der Waals surface area (Å²) in [5, 5.41) is 3.50. The minimum Gasteiger partial charge on any atom is -0.464 e. The summed E-state index contributed by atoms with van der Waals surface area (Å²) in [4.78, 5) is 12.2. The van der Waals surface area contributed by atoms with E-state index in [4.69, 9.17) is 16.3 Å².